The van der Waals surface area contributed by atoms with Crippen LogP contribution in [0.25, 0.3) is 0 Å². The Balaban J connectivity index is 2.92. The largest absolute Gasteiger partial charge is 0.315 e. The first-order valence-electron chi connectivity index (χ1n) is 7.22. The highest BCUT2D eigenvalue weighted by Gasteiger charge is 2.27. The maximum absolute atomic E-state index is 12.7. The number of anilines is 1. The van der Waals surface area contributed by atoms with Crippen molar-refractivity contribution < 1.29 is 8.42 Å². The van der Waals surface area contributed by atoms with Crippen LogP contribution in [0.2, 0.25) is 0 Å². The predicted molar refractivity (Wildman–Crippen MR) is 85.7 cm³/mol. The first kappa shape index (κ1) is 17.0. The van der Waals surface area contributed by atoms with E-state index < -0.39 is 15.3 Å². The summed E-state index contributed by atoms with van der Waals surface area (Å²) < 4.78 is 26.8. The van der Waals surface area contributed by atoms with Gasteiger partial charge in [-0.05, 0) is 51.4 Å². The third kappa shape index (κ3) is 4.21. The second kappa shape index (κ2) is 7.64. The predicted octanol–water partition coefficient (Wildman–Crippen LogP) is 2.54. The van der Waals surface area contributed by atoms with Crippen molar-refractivity contribution in [1.82, 2.24) is 5.32 Å². The number of nitrogens with one attached hydrogen (secondary N) is 1. The normalized spacial score (nSPS) is 13.2. The van der Waals surface area contributed by atoms with Crippen LogP contribution >= 0.6 is 0 Å². The SMILES string of the molecule is CCCNCC(C)S(=O)(=O)N(CC)c1cccc(C)c1. The number of nitrogens with zero attached hydrogens (tertiary/aromatic N) is 1. The second-order valence-electron chi connectivity index (χ2n) is 5.06. The van der Waals surface area contributed by atoms with E-state index in [1.54, 1.807) is 6.92 Å². The summed E-state index contributed by atoms with van der Waals surface area (Å²) in [6, 6.07) is 7.62. The molecule has 0 saturated heterocycles. The fourth-order valence-electron chi connectivity index (χ4n) is 2.10. The van der Waals surface area contributed by atoms with Gasteiger partial charge < -0.3 is 5.32 Å². The Labute approximate surface area is 123 Å². The molecule has 1 N–H and O–H groups in total. The van der Waals surface area contributed by atoms with Crippen molar-refractivity contribution in [2.24, 2.45) is 0 Å². The van der Waals surface area contributed by atoms with Crippen molar-refractivity contribution in [2.75, 3.05) is 23.9 Å². The fourth-order valence-corrected chi connectivity index (χ4v) is 3.63. The van der Waals surface area contributed by atoms with Gasteiger partial charge in [-0.2, -0.15) is 0 Å². The maximum Gasteiger partial charge on any atom is 0.239 e. The van der Waals surface area contributed by atoms with Gasteiger partial charge >= 0.3 is 0 Å². The van der Waals surface area contributed by atoms with Crippen LogP contribution in [0.5, 0.6) is 0 Å². The molecule has 0 aliphatic rings. The van der Waals surface area contributed by atoms with Crippen LogP contribution in [-0.4, -0.2) is 33.3 Å². The summed E-state index contributed by atoms with van der Waals surface area (Å²) in [4.78, 5) is 0. The molecule has 0 spiro atoms. The topological polar surface area (TPSA) is 49.4 Å². The van der Waals surface area contributed by atoms with Gasteiger partial charge in [-0.25, -0.2) is 8.42 Å². The Morgan fingerprint density at radius 1 is 1.30 bits per heavy atom. The van der Waals surface area contributed by atoms with Gasteiger partial charge in [0.15, 0.2) is 0 Å². The Morgan fingerprint density at radius 2 is 2.00 bits per heavy atom. The van der Waals surface area contributed by atoms with Gasteiger partial charge in [-0.15, -0.1) is 0 Å². The van der Waals surface area contributed by atoms with Gasteiger partial charge in [0.25, 0.3) is 0 Å². The van der Waals surface area contributed by atoms with Crippen molar-refractivity contribution >= 4 is 15.7 Å². The summed E-state index contributed by atoms with van der Waals surface area (Å²) in [7, 11) is -3.33. The van der Waals surface area contributed by atoms with Crippen molar-refractivity contribution in [1.29, 1.82) is 0 Å². The fraction of sp³-hybridized carbons (Fsp3) is 0.600. The van der Waals surface area contributed by atoms with Crippen LogP contribution in [-0.2, 0) is 10.0 Å². The Kier molecular flexibility index (Phi) is 6.49. The van der Waals surface area contributed by atoms with Gasteiger partial charge in [0.05, 0.1) is 10.9 Å². The first-order chi connectivity index (χ1) is 9.43. The molecule has 0 saturated carbocycles. The lowest BCUT2D eigenvalue weighted by Crippen LogP contribution is -2.42. The highest BCUT2D eigenvalue weighted by atomic mass is 32.2. The van der Waals surface area contributed by atoms with Crippen LogP contribution in [0.3, 0.4) is 0 Å². The van der Waals surface area contributed by atoms with Crippen LogP contribution in [0, 0.1) is 6.92 Å². The van der Waals surface area contributed by atoms with Crippen molar-refractivity contribution in [3.8, 4) is 0 Å². The molecule has 0 aliphatic carbocycles. The molecule has 0 fully saturated rings. The molecule has 1 unspecified atom stereocenters. The Hall–Kier alpha value is -1.07. The molecule has 0 heterocycles. The van der Waals surface area contributed by atoms with E-state index in [2.05, 4.69) is 12.2 Å². The number of rotatable bonds is 8. The number of sulfonamides is 1. The van der Waals surface area contributed by atoms with Crippen LogP contribution in [0.15, 0.2) is 24.3 Å². The van der Waals surface area contributed by atoms with E-state index in [-0.39, 0.29) is 0 Å². The third-order valence-corrected chi connectivity index (χ3v) is 5.52. The Morgan fingerprint density at radius 3 is 2.55 bits per heavy atom. The number of hydrogen-bond acceptors (Lipinski definition) is 3. The molecule has 1 aromatic carbocycles. The van der Waals surface area contributed by atoms with E-state index in [1.807, 2.05) is 38.1 Å². The highest BCUT2D eigenvalue weighted by Crippen LogP contribution is 2.21. The molecular weight excluding hydrogens is 272 g/mol. The van der Waals surface area contributed by atoms with Crippen molar-refractivity contribution in [3.63, 3.8) is 0 Å². The standard InChI is InChI=1S/C15H26N2O2S/c1-5-10-16-12-14(4)20(18,19)17(6-2)15-9-7-8-13(3)11-15/h7-9,11,14,16H,5-6,10,12H2,1-4H3. The first-order valence-corrected chi connectivity index (χ1v) is 8.72. The van der Waals surface area contributed by atoms with E-state index in [1.165, 1.54) is 4.31 Å². The monoisotopic (exact) mass is 298 g/mol. The molecule has 0 bridgehead atoms. The third-order valence-electron chi connectivity index (χ3n) is 3.25. The smallest absolute Gasteiger partial charge is 0.239 e. The average molecular weight is 298 g/mol. The van der Waals surface area contributed by atoms with Gasteiger partial charge in [-0.1, -0.05) is 19.1 Å². The molecule has 0 amide bonds. The summed E-state index contributed by atoms with van der Waals surface area (Å²) in [6.45, 7) is 9.44. The lowest BCUT2D eigenvalue weighted by molar-refractivity contribution is 0.567. The lowest BCUT2D eigenvalue weighted by Gasteiger charge is -2.27. The maximum atomic E-state index is 12.7. The zero-order valence-electron chi connectivity index (χ0n) is 12.9. The molecule has 20 heavy (non-hydrogen) atoms. The van der Waals surface area contributed by atoms with Gasteiger partial charge in [0, 0.05) is 13.1 Å². The Bertz CT molecular complexity index is 514. The number of aryl methyl sites for hydroxylation is 1. The minimum Gasteiger partial charge on any atom is -0.315 e. The summed E-state index contributed by atoms with van der Waals surface area (Å²) >= 11 is 0. The summed E-state index contributed by atoms with van der Waals surface area (Å²) in [5.74, 6) is 0. The minimum atomic E-state index is -3.33. The molecule has 114 valence electrons. The summed E-state index contributed by atoms with van der Waals surface area (Å²) in [6.07, 6.45) is 1.00. The zero-order valence-corrected chi connectivity index (χ0v) is 13.7. The summed E-state index contributed by atoms with van der Waals surface area (Å²) in [5, 5.41) is 2.74. The second-order valence-corrected chi connectivity index (χ2v) is 7.34. The van der Waals surface area contributed by atoms with Gasteiger partial charge in [-0.3, -0.25) is 4.31 Å². The molecular formula is C15H26N2O2S. The molecule has 4 nitrogen and oxygen atoms in total. The van der Waals surface area contributed by atoms with E-state index >= 15 is 0 Å². The lowest BCUT2D eigenvalue weighted by atomic mass is 10.2. The van der Waals surface area contributed by atoms with Gasteiger partial charge in [0.1, 0.15) is 0 Å². The minimum absolute atomic E-state index is 0.436. The molecule has 0 aromatic heterocycles. The van der Waals surface area contributed by atoms with Crippen LogP contribution < -0.4 is 9.62 Å². The molecule has 1 atom stereocenters. The highest BCUT2D eigenvalue weighted by molar-refractivity contribution is 7.93. The number of benzene rings is 1. The average Bonchev–Trinajstić information content (AvgIpc) is 2.39. The molecule has 0 radical (unpaired) electrons. The van der Waals surface area contributed by atoms with E-state index in [9.17, 15) is 8.42 Å². The molecule has 0 aliphatic heterocycles. The molecule has 1 aromatic rings. The van der Waals surface area contributed by atoms with Crippen LogP contribution in [0.4, 0.5) is 5.69 Å². The van der Waals surface area contributed by atoms with Crippen molar-refractivity contribution in [2.45, 2.75) is 39.4 Å². The molecule has 1 rings (SSSR count). The van der Waals surface area contributed by atoms with E-state index in [4.69, 9.17) is 0 Å². The quantitative estimate of drug-likeness (QED) is 0.750. The molecule has 5 heteroatoms. The van der Waals surface area contributed by atoms with Crippen LogP contribution in [0.1, 0.15) is 32.8 Å². The summed E-state index contributed by atoms with van der Waals surface area (Å²) in [5.41, 5.74) is 1.81. The number of hydrogen-bond donors (Lipinski definition) is 1. The van der Waals surface area contributed by atoms with E-state index in [0.29, 0.717) is 13.1 Å². The van der Waals surface area contributed by atoms with Crippen molar-refractivity contribution in [3.05, 3.63) is 29.8 Å². The van der Waals surface area contributed by atoms with E-state index in [0.717, 1.165) is 24.2 Å². The van der Waals surface area contributed by atoms with Gasteiger partial charge in [0.2, 0.25) is 10.0 Å². The zero-order chi connectivity index (χ0) is 15.2.